The molecule has 2 aromatic heterocycles. The van der Waals surface area contributed by atoms with Crippen LogP contribution < -0.4 is 10.6 Å². The summed E-state index contributed by atoms with van der Waals surface area (Å²) in [5, 5.41) is 13.7. The molecule has 2 N–H and O–H groups in total. The predicted octanol–water partition coefficient (Wildman–Crippen LogP) is 3.20. The molecule has 0 radical (unpaired) electrons. The van der Waals surface area contributed by atoms with Crippen LogP contribution in [-0.4, -0.2) is 27.9 Å². The fraction of sp³-hybridized carbons (Fsp3) is 0.250. The lowest BCUT2D eigenvalue weighted by Crippen LogP contribution is -2.17. The van der Waals surface area contributed by atoms with Gasteiger partial charge in [0, 0.05) is 48.7 Å². The zero-order valence-electron chi connectivity index (χ0n) is 14.7. The molecule has 26 heavy (non-hydrogen) atoms. The molecule has 0 aliphatic carbocycles. The number of aromatic nitrogens is 3. The van der Waals surface area contributed by atoms with Gasteiger partial charge < -0.3 is 10.6 Å². The minimum atomic E-state index is 0.246. The Morgan fingerprint density at radius 2 is 1.96 bits per heavy atom. The van der Waals surface area contributed by atoms with Crippen LogP contribution in [0.3, 0.4) is 0 Å². The van der Waals surface area contributed by atoms with Gasteiger partial charge in [-0.1, -0.05) is 12.1 Å². The average molecular weight is 344 g/mol. The Kier molecular flexibility index (Phi) is 4.05. The van der Waals surface area contributed by atoms with Crippen molar-refractivity contribution in [3.05, 3.63) is 48.3 Å². The van der Waals surface area contributed by atoms with Crippen molar-refractivity contribution in [3.63, 3.8) is 0 Å². The van der Waals surface area contributed by atoms with Crippen LogP contribution in [0.2, 0.25) is 0 Å². The Balaban J connectivity index is 1.81. The van der Waals surface area contributed by atoms with Gasteiger partial charge >= 0.3 is 0 Å². The second-order valence-corrected chi connectivity index (χ2v) is 6.57. The van der Waals surface area contributed by atoms with Crippen molar-refractivity contribution in [2.45, 2.75) is 12.8 Å². The molecule has 6 heteroatoms. The Bertz CT molecular complexity index is 992. The number of hydrogen-bond acceptors (Lipinski definition) is 5. The highest BCUT2D eigenvalue weighted by Gasteiger charge is 2.16. The molecule has 6 nitrogen and oxygen atoms in total. The molecule has 3 aromatic rings. The molecule has 1 fully saturated rings. The lowest BCUT2D eigenvalue weighted by molar-refractivity contribution is 0.768. The number of nitrogen functional groups attached to an aromatic ring is 1. The normalized spacial score (nSPS) is 13.8. The molecule has 3 heterocycles. The number of rotatable bonds is 3. The van der Waals surface area contributed by atoms with Crippen LogP contribution in [0, 0.1) is 11.3 Å². The maximum atomic E-state index is 9.51. The van der Waals surface area contributed by atoms with Crippen molar-refractivity contribution in [2.75, 3.05) is 23.7 Å². The van der Waals surface area contributed by atoms with Gasteiger partial charge in [-0.15, -0.1) is 0 Å². The molecule has 0 atom stereocenters. The van der Waals surface area contributed by atoms with Crippen LogP contribution >= 0.6 is 0 Å². The Morgan fingerprint density at radius 1 is 1.15 bits per heavy atom. The maximum Gasteiger partial charge on any atom is 0.142 e. The van der Waals surface area contributed by atoms with Gasteiger partial charge in [-0.05, 0) is 31.0 Å². The van der Waals surface area contributed by atoms with Gasteiger partial charge in [-0.3, -0.25) is 4.68 Å². The monoisotopic (exact) mass is 344 g/mol. The van der Waals surface area contributed by atoms with Gasteiger partial charge in [-0.2, -0.15) is 10.4 Å². The second-order valence-electron chi connectivity index (χ2n) is 6.57. The molecule has 0 amide bonds. The van der Waals surface area contributed by atoms with Gasteiger partial charge in [0.05, 0.1) is 11.9 Å². The summed E-state index contributed by atoms with van der Waals surface area (Å²) in [6.07, 6.45) is 6.08. The Hall–Kier alpha value is -3.33. The molecule has 1 saturated heterocycles. The molecular formula is C20H20N6. The zero-order valence-corrected chi connectivity index (χ0v) is 14.7. The van der Waals surface area contributed by atoms with E-state index in [1.165, 1.54) is 18.5 Å². The SMILES string of the molecule is Cn1cc(-c2cc(-c3cccc(N4CCCC4)c3)nc(N)c2C#N)cn1. The fourth-order valence-corrected chi connectivity index (χ4v) is 3.46. The van der Waals surface area contributed by atoms with Gasteiger partial charge in [0.15, 0.2) is 0 Å². The lowest BCUT2D eigenvalue weighted by atomic mass is 10.0. The van der Waals surface area contributed by atoms with Crippen LogP contribution in [0.4, 0.5) is 11.5 Å². The smallest absolute Gasteiger partial charge is 0.142 e. The van der Waals surface area contributed by atoms with Crippen LogP contribution in [0.15, 0.2) is 42.7 Å². The first kappa shape index (κ1) is 16.2. The molecule has 0 bridgehead atoms. The number of anilines is 2. The minimum Gasteiger partial charge on any atom is -0.383 e. The third kappa shape index (κ3) is 2.88. The van der Waals surface area contributed by atoms with E-state index in [4.69, 9.17) is 5.73 Å². The summed E-state index contributed by atoms with van der Waals surface area (Å²) in [4.78, 5) is 6.87. The van der Waals surface area contributed by atoms with Crippen molar-refractivity contribution < 1.29 is 0 Å². The number of pyridine rings is 1. The molecule has 0 saturated carbocycles. The van der Waals surface area contributed by atoms with Gasteiger partial charge in [0.2, 0.25) is 0 Å². The highest BCUT2D eigenvalue weighted by atomic mass is 15.2. The van der Waals surface area contributed by atoms with E-state index in [-0.39, 0.29) is 5.82 Å². The largest absolute Gasteiger partial charge is 0.383 e. The van der Waals surface area contributed by atoms with E-state index in [0.717, 1.165) is 35.5 Å². The summed E-state index contributed by atoms with van der Waals surface area (Å²) in [5.74, 6) is 0.246. The average Bonchev–Trinajstić information content (AvgIpc) is 3.33. The fourth-order valence-electron chi connectivity index (χ4n) is 3.46. The first-order valence-electron chi connectivity index (χ1n) is 8.71. The van der Waals surface area contributed by atoms with Crippen molar-refractivity contribution in [1.82, 2.24) is 14.8 Å². The van der Waals surface area contributed by atoms with Gasteiger partial charge in [-0.25, -0.2) is 4.98 Å². The van der Waals surface area contributed by atoms with E-state index in [1.807, 2.05) is 31.4 Å². The summed E-state index contributed by atoms with van der Waals surface area (Å²) in [7, 11) is 1.85. The van der Waals surface area contributed by atoms with Crippen LogP contribution in [0.25, 0.3) is 22.4 Å². The Morgan fingerprint density at radius 3 is 2.65 bits per heavy atom. The quantitative estimate of drug-likeness (QED) is 0.789. The molecule has 130 valence electrons. The van der Waals surface area contributed by atoms with E-state index < -0.39 is 0 Å². The number of benzene rings is 1. The summed E-state index contributed by atoms with van der Waals surface area (Å²) in [6, 6.07) is 12.4. The number of hydrogen-bond donors (Lipinski definition) is 1. The minimum absolute atomic E-state index is 0.246. The van der Waals surface area contributed by atoms with Crippen molar-refractivity contribution in [1.29, 1.82) is 5.26 Å². The molecule has 4 rings (SSSR count). The molecular weight excluding hydrogens is 324 g/mol. The summed E-state index contributed by atoms with van der Waals surface area (Å²) in [6.45, 7) is 2.18. The van der Waals surface area contributed by atoms with Crippen LogP contribution in [0.1, 0.15) is 18.4 Å². The summed E-state index contributed by atoms with van der Waals surface area (Å²) >= 11 is 0. The Labute approximate surface area is 152 Å². The van der Waals surface area contributed by atoms with Crippen molar-refractivity contribution in [3.8, 4) is 28.5 Å². The highest BCUT2D eigenvalue weighted by molar-refractivity contribution is 5.80. The highest BCUT2D eigenvalue weighted by Crippen LogP contribution is 2.32. The standard InChI is InChI=1S/C20H20N6/c1-25-13-15(12-23-25)17-10-19(24-20(22)18(17)11-21)14-5-4-6-16(9-14)26-7-2-3-8-26/h4-6,9-10,12-13H,2-3,7-8H2,1H3,(H2,22,24). The van der Waals surface area contributed by atoms with E-state index in [1.54, 1.807) is 10.9 Å². The summed E-state index contributed by atoms with van der Waals surface area (Å²) < 4.78 is 1.71. The van der Waals surface area contributed by atoms with E-state index >= 15 is 0 Å². The molecule has 1 aliphatic heterocycles. The predicted molar refractivity (Wildman–Crippen MR) is 102 cm³/mol. The first-order valence-corrected chi connectivity index (χ1v) is 8.71. The van der Waals surface area contributed by atoms with E-state index in [9.17, 15) is 5.26 Å². The molecule has 0 spiro atoms. The van der Waals surface area contributed by atoms with Crippen molar-refractivity contribution in [2.24, 2.45) is 7.05 Å². The van der Waals surface area contributed by atoms with Crippen molar-refractivity contribution >= 4 is 11.5 Å². The number of nitrogens with two attached hydrogens (primary N) is 1. The maximum absolute atomic E-state index is 9.51. The van der Waals surface area contributed by atoms with Crippen LogP contribution in [0.5, 0.6) is 0 Å². The third-order valence-electron chi connectivity index (χ3n) is 4.79. The zero-order chi connectivity index (χ0) is 18.1. The second kappa shape index (κ2) is 6.52. The molecule has 1 aliphatic rings. The van der Waals surface area contributed by atoms with Gasteiger partial charge in [0.25, 0.3) is 0 Å². The first-order chi connectivity index (χ1) is 12.7. The number of nitrogens with zero attached hydrogens (tertiary/aromatic N) is 5. The number of aryl methyl sites for hydroxylation is 1. The van der Waals surface area contributed by atoms with E-state index in [2.05, 4.69) is 33.2 Å². The van der Waals surface area contributed by atoms with Gasteiger partial charge in [0.1, 0.15) is 17.5 Å². The lowest BCUT2D eigenvalue weighted by Gasteiger charge is -2.18. The van der Waals surface area contributed by atoms with E-state index in [0.29, 0.717) is 5.56 Å². The topological polar surface area (TPSA) is 83.8 Å². The number of nitriles is 1. The third-order valence-corrected chi connectivity index (χ3v) is 4.79. The molecule has 1 aromatic carbocycles. The molecule has 0 unspecified atom stereocenters. The van der Waals surface area contributed by atoms with Crippen LogP contribution in [-0.2, 0) is 7.05 Å². The summed E-state index contributed by atoms with van der Waals surface area (Å²) in [5.41, 5.74) is 11.1.